The summed E-state index contributed by atoms with van der Waals surface area (Å²) >= 11 is 0. The fraction of sp³-hybridized carbons (Fsp3) is 0.273. The number of para-hydroxylation sites is 2. The zero-order valence-corrected chi connectivity index (χ0v) is 16.3. The number of nitrogens with zero attached hydrogens (tertiary/aromatic N) is 3. The summed E-state index contributed by atoms with van der Waals surface area (Å²) in [6.45, 7) is 7.48. The molecule has 1 fully saturated rings. The second-order valence-electron chi connectivity index (χ2n) is 6.88. The van der Waals surface area contributed by atoms with Crippen LogP contribution < -0.4 is 15.5 Å². The van der Waals surface area contributed by atoms with Crippen LogP contribution in [0.2, 0.25) is 0 Å². The number of hydrogen-bond donors (Lipinski definition) is 2. The van der Waals surface area contributed by atoms with Gasteiger partial charge in [0, 0.05) is 25.0 Å². The van der Waals surface area contributed by atoms with Gasteiger partial charge in [0.25, 0.3) is 0 Å². The zero-order valence-electron chi connectivity index (χ0n) is 16.3. The lowest BCUT2D eigenvalue weighted by Gasteiger charge is -2.30. The van der Waals surface area contributed by atoms with Crippen molar-refractivity contribution in [3.8, 4) is 0 Å². The third-order valence-corrected chi connectivity index (χ3v) is 5.03. The van der Waals surface area contributed by atoms with E-state index in [4.69, 9.17) is 4.74 Å². The molecule has 1 aliphatic rings. The van der Waals surface area contributed by atoms with Crippen LogP contribution in [0.1, 0.15) is 11.1 Å². The Morgan fingerprint density at radius 2 is 1.68 bits per heavy atom. The molecule has 2 N–H and O–H groups in total. The maximum atomic E-state index is 5.47. The molecule has 1 aromatic heterocycles. The van der Waals surface area contributed by atoms with Gasteiger partial charge in [0.15, 0.2) is 0 Å². The predicted molar refractivity (Wildman–Crippen MR) is 114 cm³/mol. The molecule has 1 aliphatic heterocycles. The maximum absolute atomic E-state index is 5.47. The molecule has 0 atom stereocenters. The van der Waals surface area contributed by atoms with Gasteiger partial charge in [-0.25, -0.2) is 4.98 Å². The second-order valence-corrected chi connectivity index (χ2v) is 6.88. The minimum atomic E-state index is 0.566. The summed E-state index contributed by atoms with van der Waals surface area (Å²) in [4.78, 5) is 11.4. The van der Waals surface area contributed by atoms with Crippen LogP contribution in [0.25, 0.3) is 0 Å². The van der Waals surface area contributed by atoms with Crippen LogP contribution in [0.5, 0.6) is 0 Å². The third-order valence-electron chi connectivity index (χ3n) is 5.03. The minimum absolute atomic E-state index is 0.566. The summed E-state index contributed by atoms with van der Waals surface area (Å²) < 4.78 is 5.47. The van der Waals surface area contributed by atoms with E-state index in [0.717, 1.165) is 49.2 Å². The van der Waals surface area contributed by atoms with Crippen molar-refractivity contribution in [2.24, 2.45) is 0 Å². The molecule has 6 heteroatoms. The fourth-order valence-corrected chi connectivity index (χ4v) is 3.29. The molecule has 1 saturated heterocycles. The van der Waals surface area contributed by atoms with Crippen LogP contribution in [-0.4, -0.2) is 36.3 Å². The number of nitrogens with one attached hydrogen (secondary N) is 2. The minimum Gasteiger partial charge on any atom is -0.378 e. The van der Waals surface area contributed by atoms with Gasteiger partial charge in [-0.1, -0.05) is 24.3 Å². The van der Waals surface area contributed by atoms with Gasteiger partial charge < -0.3 is 20.3 Å². The summed E-state index contributed by atoms with van der Waals surface area (Å²) in [6.07, 6.45) is 1.76. The number of rotatable bonds is 5. The molecule has 0 radical (unpaired) electrons. The van der Waals surface area contributed by atoms with Gasteiger partial charge in [-0.15, -0.1) is 0 Å². The lowest BCUT2D eigenvalue weighted by Crippen LogP contribution is -2.36. The molecule has 144 valence electrons. The van der Waals surface area contributed by atoms with Crippen molar-refractivity contribution in [1.82, 2.24) is 9.97 Å². The number of hydrogen-bond acceptors (Lipinski definition) is 6. The molecule has 0 aliphatic carbocycles. The van der Waals surface area contributed by atoms with E-state index in [2.05, 4.69) is 69.7 Å². The molecule has 2 aromatic carbocycles. The Bertz CT molecular complexity index is 953. The highest BCUT2D eigenvalue weighted by Crippen LogP contribution is 2.29. The maximum Gasteiger partial charge on any atom is 0.229 e. The number of morpholine rings is 1. The Morgan fingerprint density at radius 3 is 2.54 bits per heavy atom. The predicted octanol–water partition coefficient (Wildman–Crippen LogP) is 4.42. The SMILES string of the molecule is Cc1cccc(Nc2ccnc(Nc3ccccc3N3CCOCC3)n2)c1C. The van der Waals surface area contributed by atoms with Crippen molar-refractivity contribution in [1.29, 1.82) is 0 Å². The third kappa shape index (κ3) is 4.07. The van der Waals surface area contributed by atoms with E-state index in [-0.39, 0.29) is 0 Å². The van der Waals surface area contributed by atoms with E-state index >= 15 is 0 Å². The Balaban J connectivity index is 1.55. The highest BCUT2D eigenvalue weighted by atomic mass is 16.5. The average molecular weight is 375 g/mol. The van der Waals surface area contributed by atoms with E-state index in [0.29, 0.717) is 5.95 Å². The van der Waals surface area contributed by atoms with Crippen molar-refractivity contribution in [3.05, 3.63) is 65.9 Å². The molecule has 28 heavy (non-hydrogen) atoms. The molecule has 0 unspecified atom stereocenters. The van der Waals surface area contributed by atoms with Crippen molar-refractivity contribution < 1.29 is 4.74 Å². The second kappa shape index (κ2) is 8.27. The van der Waals surface area contributed by atoms with Crippen LogP contribution in [0.3, 0.4) is 0 Å². The van der Waals surface area contributed by atoms with E-state index in [1.54, 1.807) is 6.20 Å². The van der Waals surface area contributed by atoms with Crippen LogP contribution in [0.4, 0.5) is 28.8 Å². The smallest absolute Gasteiger partial charge is 0.229 e. The Morgan fingerprint density at radius 1 is 0.893 bits per heavy atom. The number of aromatic nitrogens is 2. The summed E-state index contributed by atoms with van der Waals surface area (Å²) in [5, 5.41) is 6.78. The molecule has 2 heterocycles. The monoisotopic (exact) mass is 375 g/mol. The van der Waals surface area contributed by atoms with E-state index in [1.807, 2.05) is 18.2 Å². The largest absolute Gasteiger partial charge is 0.378 e. The zero-order chi connectivity index (χ0) is 19.3. The number of aryl methyl sites for hydroxylation is 1. The lowest BCUT2D eigenvalue weighted by molar-refractivity contribution is 0.123. The van der Waals surface area contributed by atoms with Crippen molar-refractivity contribution in [3.63, 3.8) is 0 Å². The first-order valence-electron chi connectivity index (χ1n) is 9.56. The number of anilines is 5. The highest BCUT2D eigenvalue weighted by molar-refractivity contribution is 5.74. The van der Waals surface area contributed by atoms with Crippen LogP contribution in [0.15, 0.2) is 54.7 Å². The van der Waals surface area contributed by atoms with Gasteiger partial charge in [-0.3, -0.25) is 0 Å². The fourth-order valence-electron chi connectivity index (χ4n) is 3.29. The average Bonchev–Trinajstić information content (AvgIpc) is 2.73. The van der Waals surface area contributed by atoms with Gasteiger partial charge in [-0.05, 0) is 49.2 Å². The summed E-state index contributed by atoms with van der Waals surface area (Å²) in [5.74, 6) is 1.33. The van der Waals surface area contributed by atoms with Crippen LogP contribution >= 0.6 is 0 Å². The molecule has 0 bridgehead atoms. The Kier molecular flexibility index (Phi) is 5.39. The van der Waals surface area contributed by atoms with Gasteiger partial charge in [0.2, 0.25) is 5.95 Å². The first-order valence-corrected chi connectivity index (χ1v) is 9.56. The molecule has 0 amide bonds. The summed E-state index contributed by atoms with van der Waals surface area (Å²) in [6, 6.07) is 16.3. The number of ether oxygens (including phenoxy) is 1. The molecule has 4 rings (SSSR count). The highest BCUT2D eigenvalue weighted by Gasteiger charge is 2.15. The standard InChI is InChI=1S/C22H25N5O/c1-16-6-5-8-18(17(16)2)24-21-10-11-23-22(26-21)25-19-7-3-4-9-20(19)27-12-14-28-15-13-27/h3-11H,12-15H2,1-2H3,(H2,23,24,25,26). The Hall–Kier alpha value is -3.12. The molecule has 0 saturated carbocycles. The van der Waals surface area contributed by atoms with Gasteiger partial charge >= 0.3 is 0 Å². The van der Waals surface area contributed by atoms with Gasteiger partial charge in [-0.2, -0.15) is 4.98 Å². The summed E-state index contributed by atoms with van der Waals surface area (Å²) in [5.41, 5.74) is 5.65. The first kappa shape index (κ1) is 18.3. The first-order chi connectivity index (χ1) is 13.7. The Labute approximate surface area is 165 Å². The molecule has 3 aromatic rings. The topological polar surface area (TPSA) is 62.3 Å². The summed E-state index contributed by atoms with van der Waals surface area (Å²) in [7, 11) is 0. The van der Waals surface area contributed by atoms with Gasteiger partial charge in [0.05, 0.1) is 24.6 Å². The van der Waals surface area contributed by atoms with E-state index in [1.165, 1.54) is 11.1 Å². The molecule has 0 spiro atoms. The van der Waals surface area contributed by atoms with Crippen molar-refractivity contribution >= 4 is 28.8 Å². The van der Waals surface area contributed by atoms with E-state index in [9.17, 15) is 0 Å². The van der Waals surface area contributed by atoms with Crippen molar-refractivity contribution in [2.45, 2.75) is 13.8 Å². The molecular formula is C22H25N5O. The quantitative estimate of drug-likeness (QED) is 0.688. The molecular weight excluding hydrogens is 350 g/mol. The lowest BCUT2D eigenvalue weighted by atomic mass is 10.1. The van der Waals surface area contributed by atoms with Gasteiger partial charge in [0.1, 0.15) is 5.82 Å². The number of benzene rings is 2. The van der Waals surface area contributed by atoms with E-state index < -0.39 is 0 Å². The van der Waals surface area contributed by atoms with Crippen LogP contribution in [0, 0.1) is 13.8 Å². The van der Waals surface area contributed by atoms with Crippen molar-refractivity contribution in [2.75, 3.05) is 41.8 Å². The molecule has 6 nitrogen and oxygen atoms in total. The van der Waals surface area contributed by atoms with Crippen LogP contribution in [-0.2, 0) is 4.74 Å². The normalized spacial score (nSPS) is 14.0.